The topological polar surface area (TPSA) is 98.7 Å². The van der Waals surface area contributed by atoms with Gasteiger partial charge in [0.05, 0.1) is 10.6 Å². The lowest BCUT2D eigenvalue weighted by molar-refractivity contribution is 0.243. The molecule has 0 unspecified atom stereocenters. The van der Waals surface area contributed by atoms with Gasteiger partial charge >= 0.3 is 0 Å². The highest BCUT2D eigenvalue weighted by Crippen LogP contribution is 2.32. The summed E-state index contributed by atoms with van der Waals surface area (Å²) in [5.41, 5.74) is 4.02. The van der Waals surface area contributed by atoms with Crippen molar-refractivity contribution in [3.63, 3.8) is 0 Å². The first kappa shape index (κ1) is 27.6. The van der Waals surface area contributed by atoms with Crippen LogP contribution in [0.3, 0.4) is 0 Å². The van der Waals surface area contributed by atoms with Crippen molar-refractivity contribution in [3.8, 4) is 5.75 Å². The Morgan fingerprint density at radius 2 is 1.62 bits per heavy atom. The van der Waals surface area contributed by atoms with E-state index in [-0.39, 0.29) is 10.6 Å². The number of hydrogen-bond donors (Lipinski definition) is 2. The molecule has 2 N–H and O–H groups in total. The molecular weight excluding hydrogens is 522 g/mol. The normalized spacial score (nSPS) is 13.5. The lowest BCUT2D eigenvalue weighted by atomic mass is 10.0. The van der Waals surface area contributed by atoms with Crippen molar-refractivity contribution < 1.29 is 13.5 Å². The number of aromatic nitrogens is 2. The number of nitrogens with one attached hydrogen (secondary N) is 1. The van der Waals surface area contributed by atoms with Crippen molar-refractivity contribution >= 4 is 21.8 Å². The van der Waals surface area contributed by atoms with Gasteiger partial charge in [0.25, 0.3) is 10.0 Å². The predicted octanol–water partition coefficient (Wildman–Crippen LogP) is 5.00. The molecule has 1 aromatic heterocycles. The SMILES string of the molecule is CCCN(c1nc(NCCc2ccc(O)cc2)nc2c1CN(Cc1ccccc1)CC2)S(=O)(=O)c1ccccc1. The molecule has 0 fully saturated rings. The van der Waals surface area contributed by atoms with Crippen LogP contribution < -0.4 is 9.62 Å². The van der Waals surface area contributed by atoms with Gasteiger partial charge in [0.15, 0.2) is 5.82 Å². The van der Waals surface area contributed by atoms with Gasteiger partial charge in [-0.15, -0.1) is 0 Å². The Labute approximate surface area is 236 Å². The summed E-state index contributed by atoms with van der Waals surface area (Å²) in [7, 11) is -3.84. The van der Waals surface area contributed by atoms with Gasteiger partial charge in [0.1, 0.15) is 5.75 Å². The van der Waals surface area contributed by atoms with Crippen LogP contribution in [-0.2, 0) is 36.0 Å². The standard InChI is InChI=1S/C31H35N5O3S/c1-2-20-36(40(38,39)27-11-7-4-8-12-27)30-28-23-35(22-25-9-5-3-6-10-25)21-18-29(28)33-31(34-30)32-19-17-24-13-15-26(37)16-14-24/h3-16,37H,2,17-23H2,1H3,(H,32,33,34). The highest BCUT2D eigenvalue weighted by molar-refractivity contribution is 7.92. The Balaban J connectivity index is 1.48. The molecule has 208 valence electrons. The first-order chi connectivity index (χ1) is 19.4. The van der Waals surface area contributed by atoms with Crippen molar-refractivity contribution in [2.45, 2.75) is 44.2 Å². The Morgan fingerprint density at radius 3 is 2.33 bits per heavy atom. The van der Waals surface area contributed by atoms with Gasteiger partial charge in [-0.2, -0.15) is 4.98 Å². The van der Waals surface area contributed by atoms with Crippen molar-refractivity contribution in [2.75, 3.05) is 29.3 Å². The van der Waals surface area contributed by atoms with E-state index in [0.29, 0.717) is 50.7 Å². The quantitative estimate of drug-likeness (QED) is 0.268. The fraction of sp³-hybridized carbons (Fsp3) is 0.290. The molecule has 9 heteroatoms. The number of aromatic hydroxyl groups is 1. The van der Waals surface area contributed by atoms with E-state index >= 15 is 0 Å². The smallest absolute Gasteiger partial charge is 0.265 e. The summed E-state index contributed by atoms with van der Waals surface area (Å²) < 4.78 is 29.3. The van der Waals surface area contributed by atoms with E-state index in [9.17, 15) is 13.5 Å². The van der Waals surface area contributed by atoms with Crippen LogP contribution in [0.25, 0.3) is 0 Å². The first-order valence-corrected chi connectivity index (χ1v) is 15.1. The molecule has 40 heavy (non-hydrogen) atoms. The number of sulfonamides is 1. The van der Waals surface area contributed by atoms with E-state index in [2.05, 4.69) is 22.3 Å². The molecule has 2 heterocycles. The van der Waals surface area contributed by atoms with E-state index < -0.39 is 10.0 Å². The summed E-state index contributed by atoms with van der Waals surface area (Å²) in [4.78, 5) is 12.3. The Kier molecular flexibility index (Phi) is 8.62. The van der Waals surface area contributed by atoms with Crippen LogP contribution in [0.15, 0.2) is 89.8 Å². The van der Waals surface area contributed by atoms with Crippen LogP contribution in [0.1, 0.15) is 35.7 Å². The summed E-state index contributed by atoms with van der Waals surface area (Å²) >= 11 is 0. The number of anilines is 2. The van der Waals surface area contributed by atoms with Gasteiger partial charge in [-0.3, -0.25) is 4.90 Å². The molecule has 5 rings (SSSR count). The van der Waals surface area contributed by atoms with Gasteiger partial charge in [0.2, 0.25) is 5.95 Å². The molecule has 0 atom stereocenters. The number of phenolic OH excluding ortho intramolecular Hbond substituents is 1. The number of nitrogens with zero attached hydrogens (tertiary/aromatic N) is 4. The van der Waals surface area contributed by atoms with Gasteiger partial charge in [-0.1, -0.05) is 67.6 Å². The summed E-state index contributed by atoms with van der Waals surface area (Å²) in [5, 5.41) is 12.9. The molecule has 0 aliphatic carbocycles. The van der Waals surface area contributed by atoms with Crippen LogP contribution in [0, 0.1) is 0 Å². The minimum absolute atomic E-state index is 0.233. The molecule has 0 radical (unpaired) electrons. The van der Waals surface area contributed by atoms with Gasteiger partial charge in [-0.25, -0.2) is 17.7 Å². The number of rotatable bonds is 11. The van der Waals surface area contributed by atoms with Crippen LogP contribution in [0.2, 0.25) is 0 Å². The first-order valence-electron chi connectivity index (χ1n) is 13.7. The van der Waals surface area contributed by atoms with E-state index in [1.807, 2.05) is 43.3 Å². The fourth-order valence-corrected chi connectivity index (χ4v) is 6.52. The maximum absolute atomic E-state index is 13.9. The van der Waals surface area contributed by atoms with Gasteiger partial charge in [0, 0.05) is 44.7 Å². The second-order valence-corrected chi connectivity index (χ2v) is 11.8. The number of hydrogen-bond acceptors (Lipinski definition) is 7. The van der Waals surface area contributed by atoms with E-state index in [1.165, 1.54) is 9.87 Å². The highest BCUT2D eigenvalue weighted by Gasteiger charge is 2.31. The van der Waals surface area contributed by atoms with Crippen LogP contribution in [0.5, 0.6) is 5.75 Å². The third-order valence-corrected chi connectivity index (χ3v) is 8.80. The van der Waals surface area contributed by atoms with Crippen LogP contribution >= 0.6 is 0 Å². The zero-order valence-corrected chi connectivity index (χ0v) is 23.5. The minimum Gasteiger partial charge on any atom is -0.508 e. The summed E-state index contributed by atoms with van der Waals surface area (Å²) in [5.74, 6) is 1.10. The van der Waals surface area contributed by atoms with Crippen molar-refractivity contribution in [1.29, 1.82) is 0 Å². The van der Waals surface area contributed by atoms with Crippen LogP contribution in [0.4, 0.5) is 11.8 Å². The van der Waals surface area contributed by atoms with Gasteiger partial charge in [-0.05, 0) is 48.2 Å². The summed E-state index contributed by atoms with van der Waals surface area (Å²) in [6.07, 6.45) is 2.06. The van der Waals surface area contributed by atoms with E-state index in [4.69, 9.17) is 9.97 Å². The predicted molar refractivity (Wildman–Crippen MR) is 158 cm³/mol. The van der Waals surface area contributed by atoms with Crippen LogP contribution in [-0.4, -0.2) is 48.0 Å². The average Bonchev–Trinajstić information content (AvgIpc) is 2.98. The minimum atomic E-state index is -3.84. The number of fused-ring (bicyclic) bond motifs is 1. The highest BCUT2D eigenvalue weighted by atomic mass is 32.2. The van der Waals surface area contributed by atoms with E-state index in [0.717, 1.165) is 29.9 Å². The monoisotopic (exact) mass is 557 g/mol. The Morgan fingerprint density at radius 1 is 0.925 bits per heavy atom. The fourth-order valence-electron chi connectivity index (χ4n) is 4.96. The van der Waals surface area contributed by atoms with Crippen molar-refractivity contribution in [2.24, 2.45) is 0 Å². The average molecular weight is 558 g/mol. The maximum Gasteiger partial charge on any atom is 0.265 e. The second-order valence-electron chi connectivity index (χ2n) is 9.98. The van der Waals surface area contributed by atoms with Gasteiger partial charge < -0.3 is 10.4 Å². The summed E-state index contributed by atoms with van der Waals surface area (Å²) in [6, 6.07) is 25.9. The molecule has 3 aromatic carbocycles. The molecular formula is C31H35N5O3S. The number of benzene rings is 3. The molecule has 0 bridgehead atoms. The largest absolute Gasteiger partial charge is 0.508 e. The Hall–Kier alpha value is -3.95. The lowest BCUT2D eigenvalue weighted by Crippen LogP contribution is -2.37. The number of phenols is 1. The zero-order valence-electron chi connectivity index (χ0n) is 22.7. The van der Waals surface area contributed by atoms with Crippen molar-refractivity contribution in [1.82, 2.24) is 14.9 Å². The van der Waals surface area contributed by atoms with Crippen molar-refractivity contribution in [3.05, 3.63) is 107 Å². The molecule has 1 aliphatic heterocycles. The molecule has 4 aromatic rings. The molecule has 1 aliphatic rings. The second kappa shape index (κ2) is 12.5. The maximum atomic E-state index is 13.9. The molecule has 8 nitrogen and oxygen atoms in total. The lowest BCUT2D eigenvalue weighted by Gasteiger charge is -2.32. The summed E-state index contributed by atoms with van der Waals surface area (Å²) in [6.45, 7) is 5.02. The third kappa shape index (κ3) is 6.43. The molecule has 0 saturated heterocycles. The molecule has 0 spiro atoms. The molecule has 0 amide bonds. The Bertz CT molecular complexity index is 1510. The molecule has 0 saturated carbocycles. The van der Waals surface area contributed by atoms with E-state index in [1.54, 1.807) is 36.4 Å². The third-order valence-electron chi connectivity index (χ3n) is 6.99. The zero-order chi connectivity index (χ0) is 28.0.